The van der Waals surface area contributed by atoms with Crippen LogP contribution in [-0.4, -0.2) is 25.1 Å². The number of nitrogens with zero attached hydrogens (tertiary/aromatic N) is 2. The van der Waals surface area contributed by atoms with Gasteiger partial charge in [-0.2, -0.15) is 0 Å². The fourth-order valence-corrected chi connectivity index (χ4v) is 1.22. The summed E-state index contributed by atoms with van der Waals surface area (Å²) in [6.07, 6.45) is 3.96. The summed E-state index contributed by atoms with van der Waals surface area (Å²) in [6, 6.07) is 4.42. The van der Waals surface area contributed by atoms with Crippen molar-refractivity contribution >= 4 is 5.82 Å². The monoisotopic (exact) mass is 193 g/mol. The molecule has 1 aromatic heterocycles. The van der Waals surface area contributed by atoms with Gasteiger partial charge in [0.1, 0.15) is 5.82 Å². The first kappa shape index (κ1) is 11.0. The molecule has 1 aromatic rings. The van der Waals surface area contributed by atoms with Crippen molar-refractivity contribution in [1.82, 2.24) is 4.98 Å². The highest BCUT2D eigenvalue weighted by molar-refractivity contribution is 5.37. The van der Waals surface area contributed by atoms with Crippen molar-refractivity contribution in [2.24, 2.45) is 5.73 Å². The standard InChI is InChI=1S/C11H19N3/c1-9(12)4-5-10-6-7-11(13-8-10)14(2)3/h6-9H,4-5,12H2,1-3H3/t9-/m1/s1. The van der Waals surface area contributed by atoms with E-state index in [1.807, 2.05) is 38.2 Å². The van der Waals surface area contributed by atoms with Gasteiger partial charge in [-0.15, -0.1) is 0 Å². The van der Waals surface area contributed by atoms with Crippen LogP contribution in [0.1, 0.15) is 18.9 Å². The molecule has 1 rings (SSSR count). The molecule has 1 heterocycles. The van der Waals surface area contributed by atoms with Gasteiger partial charge in [-0.1, -0.05) is 6.07 Å². The summed E-state index contributed by atoms with van der Waals surface area (Å²) in [5.41, 5.74) is 6.95. The van der Waals surface area contributed by atoms with E-state index >= 15 is 0 Å². The van der Waals surface area contributed by atoms with Crippen LogP contribution in [0.3, 0.4) is 0 Å². The van der Waals surface area contributed by atoms with E-state index in [-0.39, 0.29) is 6.04 Å². The highest BCUT2D eigenvalue weighted by Crippen LogP contribution is 2.09. The lowest BCUT2D eigenvalue weighted by molar-refractivity contribution is 0.665. The van der Waals surface area contributed by atoms with Crippen LogP contribution in [0.25, 0.3) is 0 Å². The maximum atomic E-state index is 5.69. The summed E-state index contributed by atoms with van der Waals surface area (Å²) < 4.78 is 0. The van der Waals surface area contributed by atoms with E-state index in [4.69, 9.17) is 5.73 Å². The largest absolute Gasteiger partial charge is 0.363 e. The molecule has 0 aliphatic rings. The molecule has 0 aromatic carbocycles. The minimum Gasteiger partial charge on any atom is -0.363 e. The minimum absolute atomic E-state index is 0.267. The Morgan fingerprint density at radius 2 is 2.14 bits per heavy atom. The van der Waals surface area contributed by atoms with Gasteiger partial charge in [0.15, 0.2) is 0 Å². The molecule has 3 nitrogen and oxygen atoms in total. The van der Waals surface area contributed by atoms with E-state index in [0.717, 1.165) is 18.7 Å². The van der Waals surface area contributed by atoms with Gasteiger partial charge >= 0.3 is 0 Å². The van der Waals surface area contributed by atoms with Crippen LogP contribution in [0.4, 0.5) is 5.82 Å². The van der Waals surface area contributed by atoms with E-state index in [2.05, 4.69) is 11.1 Å². The van der Waals surface area contributed by atoms with Crippen molar-refractivity contribution < 1.29 is 0 Å². The summed E-state index contributed by atoms with van der Waals surface area (Å²) in [5.74, 6) is 0.995. The third-order valence-electron chi connectivity index (χ3n) is 2.16. The number of rotatable bonds is 4. The van der Waals surface area contributed by atoms with Crippen molar-refractivity contribution in [2.75, 3.05) is 19.0 Å². The van der Waals surface area contributed by atoms with Crippen molar-refractivity contribution in [1.29, 1.82) is 0 Å². The van der Waals surface area contributed by atoms with Crippen LogP contribution < -0.4 is 10.6 Å². The summed E-state index contributed by atoms with van der Waals surface area (Å²) in [6.45, 7) is 2.03. The lowest BCUT2D eigenvalue weighted by Gasteiger charge is -2.11. The topological polar surface area (TPSA) is 42.1 Å². The highest BCUT2D eigenvalue weighted by atomic mass is 15.1. The zero-order valence-electron chi connectivity index (χ0n) is 9.20. The highest BCUT2D eigenvalue weighted by Gasteiger charge is 1.99. The van der Waals surface area contributed by atoms with Crippen molar-refractivity contribution in [3.05, 3.63) is 23.9 Å². The first-order valence-corrected chi connectivity index (χ1v) is 4.97. The van der Waals surface area contributed by atoms with Crippen LogP contribution in [0.15, 0.2) is 18.3 Å². The molecule has 1 atom stereocenters. The van der Waals surface area contributed by atoms with Gasteiger partial charge < -0.3 is 10.6 Å². The molecule has 3 heteroatoms. The number of aryl methyl sites for hydroxylation is 1. The predicted octanol–water partition coefficient (Wildman–Crippen LogP) is 1.43. The summed E-state index contributed by atoms with van der Waals surface area (Å²) in [4.78, 5) is 6.34. The van der Waals surface area contributed by atoms with E-state index in [1.54, 1.807) is 0 Å². The molecule has 0 aliphatic heterocycles. The SMILES string of the molecule is C[C@@H](N)CCc1ccc(N(C)C)nc1. The van der Waals surface area contributed by atoms with E-state index < -0.39 is 0 Å². The fourth-order valence-electron chi connectivity index (χ4n) is 1.22. The Balaban J connectivity index is 2.55. The molecule has 0 amide bonds. The second-order valence-corrected chi connectivity index (χ2v) is 3.94. The van der Waals surface area contributed by atoms with Crippen LogP contribution in [0.5, 0.6) is 0 Å². The van der Waals surface area contributed by atoms with Gasteiger partial charge in [0.2, 0.25) is 0 Å². The number of pyridine rings is 1. The smallest absolute Gasteiger partial charge is 0.127 e. The Hall–Kier alpha value is -1.09. The number of hydrogen-bond donors (Lipinski definition) is 1. The van der Waals surface area contributed by atoms with E-state index in [0.29, 0.717) is 0 Å². The van der Waals surface area contributed by atoms with Crippen molar-refractivity contribution in [3.63, 3.8) is 0 Å². The summed E-state index contributed by atoms with van der Waals surface area (Å²) in [7, 11) is 3.98. The van der Waals surface area contributed by atoms with Crippen molar-refractivity contribution in [3.8, 4) is 0 Å². The molecule has 78 valence electrons. The Morgan fingerprint density at radius 3 is 2.57 bits per heavy atom. The summed E-state index contributed by atoms with van der Waals surface area (Å²) >= 11 is 0. The van der Waals surface area contributed by atoms with Gasteiger partial charge in [-0.25, -0.2) is 4.98 Å². The third-order valence-corrected chi connectivity index (χ3v) is 2.16. The van der Waals surface area contributed by atoms with Gasteiger partial charge in [0, 0.05) is 26.3 Å². The Kier molecular flexibility index (Phi) is 3.89. The molecule has 0 fully saturated rings. The van der Waals surface area contributed by atoms with Crippen LogP contribution in [0, 0.1) is 0 Å². The molecule has 2 N–H and O–H groups in total. The van der Waals surface area contributed by atoms with Crippen LogP contribution in [-0.2, 0) is 6.42 Å². The second kappa shape index (κ2) is 4.96. The summed E-state index contributed by atoms with van der Waals surface area (Å²) in [5, 5.41) is 0. The lowest BCUT2D eigenvalue weighted by Crippen LogP contribution is -2.15. The Morgan fingerprint density at radius 1 is 1.43 bits per heavy atom. The maximum absolute atomic E-state index is 5.69. The van der Waals surface area contributed by atoms with E-state index in [9.17, 15) is 0 Å². The van der Waals surface area contributed by atoms with Gasteiger partial charge in [-0.3, -0.25) is 0 Å². The van der Waals surface area contributed by atoms with Gasteiger partial charge in [0.05, 0.1) is 0 Å². The van der Waals surface area contributed by atoms with Crippen molar-refractivity contribution in [2.45, 2.75) is 25.8 Å². The maximum Gasteiger partial charge on any atom is 0.127 e. The number of hydrogen-bond acceptors (Lipinski definition) is 3. The quantitative estimate of drug-likeness (QED) is 0.786. The molecular formula is C11H19N3. The molecule has 0 aliphatic carbocycles. The molecule has 0 saturated heterocycles. The molecule has 14 heavy (non-hydrogen) atoms. The molecular weight excluding hydrogens is 174 g/mol. The Bertz CT molecular complexity index is 264. The number of nitrogens with two attached hydrogens (primary N) is 1. The molecule has 0 spiro atoms. The predicted molar refractivity (Wildman–Crippen MR) is 60.5 cm³/mol. The first-order chi connectivity index (χ1) is 6.59. The first-order valence-electron chi connectivity index (χ1n) is 4.97. The van der Waals surface area contributed by atoms with E-state index in [1.165, 1.54) is 5.56 Å². The zero-order chi connectivity index (χ0) is 10.6. The fraction of sp³-hybridized carbons (Fsp3) is 0.545. The van der Waals surface area contributed by atoms with Crippen LogP contribution >= 0.6 is 0 Å². The molecule has 0 unspecified atom stereocenters. The minimum atomic E-state index is 0.267. The van der Waals surface area contributed by atoms with Gasteiger partial charge in [0.25, 0.3) is 0 Å². The average Bonchev–Trinajstić information content (AvgIpc) is 2.15. The van der Waals surface area contributed by atoms with Gasteiger partial charge in [-0.05, 0) is 31.4 Å². The third kappa shape index (κ3) is 3.34. The molecule has 0 radical (unpaired) electrons. The zero-order valence-corrected chi connectivity index (χ0v) is 9.20. The van der Waals surface area contributed by atoms with Crippen LogP contribution in [0.2, 0.25) is 0 Å². The second-order valence-electron chi connectivity index (χ2n) is 3.94. The lowest BCUT2D eigenvalue weighted by atomic mass is 10.1. The Labute approximate surface area is 85.9 Å². The normalized spacial score (nSPS) is 12.6. The molecule has 0 bridgehead atoms. The molecule has 0 saturated carbocycles. The average molecular weight is 193 g/mol. The number of aromatic nitrogens is 1. The number of anilines is 1.